The first-order chi connectivity index (χ1) is 13.2. The average Bonchev–Trinajstić information content (AvgIpc) is 2.72. The summed E-state index contributed by atoms with van der Waals surface area (Å²) >= 11 is 0. The second kappa shape index (κ2) is 8.39. The standard InChI is InChI=1S/C23H31N3O/c1-26(19-7-3-2-4-8-19)16-18-13-11-17(12-14-18)15-22-20-9-5-6-10-21(20)23(27)25-24-22/h11-14,19H,2-10,15-16H2,1H3,(H,25,27). The summed E-state index contributed by atoms with van der Waals surface area (Å²) in [5, 5.41) is 7.08. The van der Waals surface area contributed by atoms with Gasteiger partial charge in [0.1, 0.15) is 0 Å². The molecule has 0 radical (unpaired) electrons. The zero-order chi connectivity index (χ0) is 18.6. The monoisotopic (exact) mass is 365 g/mol. The van der Waals surface area contributed by atoms with Gasteiger partial charge in [0.2, 0.25) is 0 Å². The summed E-state index contributed by atoms with van der Waals surface area (Å²) in [6, 6.07) is 9.72. The van der Waals surface area contributed by atoms with Crippen molar-refractivity contribution in [2.24, 2.45) is 0 Å². The van der Waals surface area contributed by atoms with E-state index in [4.69, 9.17) is 0 Å². The maximum Gasteiger partial charge on any atom is 0.267 e. The lowest BCUT2D eigenvalue weighted by Crippen LogP contribution is -2.32. The Morgan fingerprint density at radius 3 is 2.37 bits per heavy atom. The third kappa shape index (κ3) is 4.32. The van der Waals surface area contributed by atoms with Crippen molar-refractivity contribution in [1.29, 1.82) is 0 Å². The van der Waals surface area contributed by atoms with Gasteiger partial charge in [-0.1, -0.05) is 43.5 Å². The van der Waals surface area contributed by atoms with Crippen molar-refractivity contribution in [3.8, 4) is 0 Å². The number of fused-ring (bicyclic) bond motifs is 1. The van der Waals surface area contributed by atoms with Crippen LogP contribution in [-0.4, -0.2) is 28.2 Å². The molecule has 0 aliphatic heterocycles. The minimum absolute atomic E-state index is 0.00884. The molecule has 2 aromatic rings. The minimum atomic E-state index is 0.00884. The van der Waals surface area contributed by atoms with Gasteiger partial charge >= 0.3 is 0 Å². The van der Waals surface area contributed by atoms with Crippen LogP contribution in [0.25, 0.3) is 0 Å². The summed E-state index contributed by atoms with van der Waals surface area (Å²) in [7, 11) is 2.26. The van der Waals surface area contributed by atoms with E-state index in [1.54, 1.807) is 0 Å². The molecule has 0 spiro atoms. The Kier molecular flexibility index (Phi) is 5.72. The summed E-state index contributed by atoms with van der Waals surface area (Å²) in [5.74, 6) is 0. The molecule has 2 aliphatic rings. The summed E-state index contributed by atoms with van der Waals surface area (Å²) in [4.78, 5) is 14.5. The second-order valence-corrected chi connectivity index (χ2v) is 8.36. The van der Waals surface area contributed by atoms with Gasteiger partial charge < -0.3 is 0 Å². The number of hydrogen-bond donors (Lipinski definition) is 1. The first-order valence-corrected chi connectivity index (χ1v) is 10.6. The topological polar surface area (TPSA) is 49.0 Å². The van der Waals surface area contributed by atoms with E-state index >= 15 is 0 Å². The molecule has 0 atom stereocenters. The molecule has 27 heavy (non-hydrogen) atoms. The SMILES string of the molecule is CN(Cc1ccc(Cc2n[nH]c(=O)c3c2CCCC3)cc1)C1CCCCC1. The third-order valence-electron chi connectivity index (χ3n) is 6.41. The normalized spacial score (nSPS) is 17.9. The number of aromatic nitrogens is 2. The number of rotatable bonds is 5. The number of H-pyrrole nitrogens is 1. The molecular weight excluding hydrogens is 334 g/mol. The van der Waals surface area contributed by atoms with Crippen molar-refractivity contribution >= 4 is 0 Å². The van der Waals surface area contributed by atoms with Crippen molar-refractivity contribution in [3.05, 3.63) is 62.6 Å². The van der Waals surface area contributed by atoms with Gasteiger partial charge in [-0.2, -0.15) is 5.10 Å². The number of nitrogens with zero attached hydrogens (tertiary/aromatic N) is 2. The zero-order valence-corrected chi connectivity index (χ0v) is 16.5. The fourth-order valence-corrected chi connectivity index (χ4v) is 4.77. The molecule has 1 saturated carbocycles. The van der Waals surface area contributed by atoms with Gasteiger partial charge in [-0.05, 0) is 62.3 Å². The van der Waals surface area contributed by atoms with E-state index in [1.807, 2.05) is 0 Å². The van der Waals surface area contributed by atoms with Crippen LogP contribution < -0.4 is 5.56 Å². The van der Waals surface area contributed by atoms with Crippen LogP contribution in [-0.2, 0) is 25.8 Å². The highest BCUT2D eigenvalue weighted by Crippen LogP contribution is 2.24. The summed E-state index contributed by atoms with van der Waals surface area (Å²) in [6.45, 7) is 1.03. The van der Waals surface area contributed by atoms with Gasteiger partial charge in [0.25, 0.3) is 5.56 Å². The molecule has 144 valence electrons. The van der Waals surface area contributed by atoms with Gasteiger partial charge in [-0.3, -0.25) is 9.69 Å². The fourth-order valence-electron chi connectivity index (χ4n) is 4.77. The molecule has 1 fully saturated rings. The second-order valence-electron chi connectivity index (χ2n) is 8.36. The molecule has 1 aromatic heterocycles. The molecule has 1 aromatic carbocycles. The Morgan fingerprint density at radius 2 is 1.63 bits per heavy atom. The first-order valence-electron chi connectivity index (χ1n) is 10.6. The van der Waals surface area contributed by atoms with E-state index in [9.17, 15) is 4.79 Å². The Balaban J connectivity index is 1.43. The maximum absolute atomic E-state index is 12.0. The summed E-state index contributed by atoms with van der Waals surface area (Å²) < 4.78 is 0. The van der Waals surface area contributed by atoms with E-state index in [2.05, 4.69) is 46.4 Å². The smallest absolute Gasteiger partial charge is 0.267 e. The van der Waals surface area contributed by atoms with E-state index in [-0.39, 0.29) is 5.56 Å². The van der Waals surface area contributed by atoms with Gasteiger partial charge in [0.15, 0.2) is 0 Å². The molecule has 4 heteroatoms. The predicted octanol–water partition coefficient (Wildman–Crippen LogP) is 4.00. The van der Waals surface area contributed by atoms with E-state index in [0.29, 0.717) is 0 Å². The Bertz CT molecular complexity index is 819. The van der Waals surface area contributed by atoms with Crippen LogP contribution in [0.4, 0.5) is 0 Å². The van der Waals surface area contributed by atoms with Crippen molar-refractivity contribution < 1.29 is 0 Å². The van der Waals surface area contributed by atoms with Crippen LogP contribution in [0.2, 0.25) is 0 Å². The maximum atomic E-state index is 12.0. The number of hydrogen-bond acceptors (Lipinski definition) is 3. The molecule has 2 aliphatic carbocycles. The molecular formula is C23H31N3O. The highest BCUT2D eigenvalue weighted by molar-refractivity contribution is 5.34. The number of nitrogens with one attached hydrogen (secondary N) is 1. The van der Waals surface area contributed by atoms with Gasteiger partial charge in [-0.15, -0.1) is 0 Å². The van der Waals surface area contributed by atoms with Crippen LogP contribution in [0.3, 0.4) is 0 Å². The molecule has 0 unspecified atom stereocenters. The third-order valence-corrected chi connectivity index (χ3v) is 6.41. The Labute approximate surface area is 162 Å². The highest BCUT2D eigenvalue weighted by atomic mass is 16.1. The minimum Gasteiger partial charge on any atom is -0.299 e. The van der Waals surface area contributed by atoms with Gasteiger partial charge in [-0.25, -0.2) is 5.10 Å². The van der Waals surface area contributed by atoms with E-state index < -0.39 is 0 Å². The van der Waals surface area contributed by atoms with E-state index in [1.165, 1.54) is 48.8 Å². The fraction of sp³-hybridized carbons (Fsp3) is 0.565. The molecule has 1 N–H and O–H groups in total. The van der Waals surface area contributed by atoms with Crippen LogP contribution in [0.1, 0.15) is 72.9 Å². The number of benzene rings is 1. The van der Waals surface area contributed by atoms with Crippen molar-refractivity contribution in [2.45, 2.75) is 76.8 Å². The van der Waals surface area contributed by atoms with E-state index in [0.717, 1.165) is 55.9 Å². The molecule has 0 bridgehead atoms. The molecule has 4 nitrogen and oxygen atoms in total. The predicted molar refractivity (Wildman–Crippen MR) is 109 cm³/mol. The van der Waals surface area contributed by atoms with Crippen LogP contribution >= 0.6 is 0 Å². The molecule has 0 amide bonds. The highest BCUT2D eigenvalue weighted by Gasteiger charge is 2.19. The summed E-state index contributed by atoms with van der Waals surface area (Å²) in [5.41, 5.74) is 5.88. The lowest BCUT2D eigenvalue weighted by molar-refractivity contribution is 0.184. The largest absolute Gasteiger partial charge is 0.299 e. The van der Waals surface area contributed by atoms with Crippen molar-refractivity contribution in [1.82, 2.24) is 15.1 Å². The Morgan fingerprint density at radius 1 is 0.963 bits per heavy atom. The van der Waals surface area contributed by atoms with Gasteiger partial charge in [0, 0.05) is 24.6 Å². The lowest BCUT2D eigenvalue weighted by atomic mass is 9.90. The molecule has 4 rings (SSSR count). The van der Waals surface area contributed by atoms with Crippen LogP contribution in [0.15, 0.2) is 29.1 Å². The van der Waals surface area contributed by atoms with Gasteiger partial charge in [0.05, 0.1) is 5.69 Å². The Hall–Kier alpha value is -1.94. The quantitative estimate of drug-likeness (QED) is 0.871. The summed E-state index contributed by atoms with van der Waals surface area (Å²) in [6.07, 6.45) is 11.8. The van der Waals surface area contributed by atoms with Crippen molar-refractivity contribution in [3.63, 3.8) is 0 Å². The zero-order valence-electron chi connectivity index (χ0n) is 16.5. The lowest BCUT2D eigenvalue weighted by Gasteiger charge is -2.31. The number of aromatic amines is 1. The first kappa shape index (κ1) is 18.4. The molecule has 1 heterocycles. The van der Waals surface area contributed by atoms with Crippen molar-refractivity contribution in [2.75, 3.05) is 7.05 Å². The average molecular weight is 366 g/mol. The van der Waals surface area contributed by atoms with Crippen LogP contribution in [0, 0.1) is 0 Å². The molecule has 0 saturated heterocycles. The van der Waals surface area contributed by atoms with Crippen LogP contribution in [0.5, 0.6) is 0 Å².